The topological polar surface area (TPSA) is 50.9 Å². The second-order valence-electron chi connectivity index (χ2n) is 3.39. The molecule has 17 heavy (non-hydrogen) atoms. The molecule has 0 saturated heterocycles. The first-order valence-electron chi connectivity index (χ1n) is 4.94. The van der Waals surface area contributed by atoms with Crippen molar-refractivity contribution < 1.29 is 4.39 Å². The van der Waals surface area contributed by atoms with E-state index >= 15 is 0 Å². The Hall–Kier alpha value is -2.01. The summed E-state index contributed by atoms with van der Waals surface area (Å²) in [5, 5.41) is 2.92. The Bertz CT molecular complexity index is 557. The number of benzene rings is 1. The number of thiocarbonyl (C=S) groups is 1. The van der Waals surface area contributed by atoms with Crippen molar-refractivity contribution in [1.82, 2.24) is 4.98 Å². The second-order valence-corrected chi connectivity index (χ2v) is 3.83. The fourth-order valence-electron chi connectivity index (χ4n) is 1.42. The molecule has 0 unspecified atom stereocenters. The van der Waals surface area contributed by atoms with Gasteiger partial charge in [-0.25, -0.2) is 4.39 Å². The Morgan fingerprint density at radius 1 is 1.24 bits per heavy atom. The highest BCUT2D eigenvalue weighted by molar-refractivity contribution is 7.80. The fraction of sp³-hybridized carbons (Fsp3) is 0. The lowest BCUT2D eigenvalue weighted by Gasteiger charge is -2.10. The Morgan fingerprint density at radius 2 is 2.00 bits per heavy atom. The molecule has 0 saturated carbocycles. The molecule has 2 aromatic rings. The SMILES string of the molecule is NC(=S)c1ccncc1Nc1ccccc1F. The molecule has 86 valence electrons. The van der Waals surface area contributed by atoms with Gasteiger partial charge in [0.25, 0.3) is 0 Å². The van der Waals surface area contributed by atoms with Crippen LogP contribution in [0.3, 0.4) is 0 Å². The zero-order valence-electron chi connectivity index (χ0n) is 8.85. The van der Waals surface area contributed by atoms with Gasteiger partial charge in [0.05, 0.1) is 17.6 Å². The van der Waals surface area contributed by atoms with E-state index in [0.717, 1.165) is 0 Å². The Balaban J connectivity index is 2.37. The minimum Gasteiger partial charge on any atom is -0.389 e. The third-order valence-electron chi connectivity index (χ3n) is 2.23. The van der Waals surface area contributed by atoms with Gasteiger partial charge in [-0.3, -0.25) is 4.98 Å². The van der Waals surface area contributed by atoms with E-state index in [2.05, 4.69) is 10.3 Å². The van der Waals surface area contributed by atoms with Crippen molar-refractivity contribution in [2.24, 2.45) is 5.73 Å². The molecule has 0 atom stereocenters. The van der Waals surface area contributed by atoms with Gasteiger partial charge in [0.2, 0.25) is 0 Å². The molecule has 0 aliphatic carbocycles. The lowest BCUT2D eigenvalue weighted by molar-refractivity contribution is 0.632. The molecule has 0 bridgehead atoms. The van der Waals surface area contributed by atoms with Gasteiger partial charge >= 0.3 is 0 Å². The zero-order valence-corrected chi connectivity index (χ0v) is 9.67. The highest BCUT2D eigenvalue weighted by Crippen LogP contribution is 2.21. The molecule has 3 N–H and O–H groups in total. The van der Waals surface area contributed by atoms with Crippen LogP contribution in [0.5, 0.6) is 0 Å². The third kappa shape index (κ3) is 2.57. The molecule has 1 aromatic heterocycles. The van der Waals surface area contributed by atoms with Crippen molar-refractivity contribution in [2.75, 3.05) is 5.32 Å². The van der Waals surface area contributed by atoms with E-state index < -0.39 is 0 Å². The monoisotopic (exact) mass is 247 g/mol. The van der Waals surface area contributed by atoms with Crippen molar-refractivity contribution in [3.63, 3.8) is 0 Å². The van der Waals surface area contributed by atoms with E-state index in [9.17, 15) is 4.39 Å². The molecule has 0 radical (unpaired) electrons. The van der Waals surface area contributed by atoms with Crippen molar-refractivity contribution in [1.29, 1.82) is 0 Å². The third-order valence-corrected chi connectivity index (χ3v) is 2.45. The Labute approximate surface area is 103 Å². The number of halogens is 1. The molecule has 0 spiro atoms. The summed E-state index contributed by atoms with van der Waals surface area (Å²) >= 11 is 4.91. The highest BCUT2D eigenvalue weighted by atomic mass is 32.1. The molecule has 0 aliphatic rings. The zero-order chi connectivity index (χ0) is 12.3. The van der Waals surface area contributed by atoms with Gasteiger partial charge in [-0.2, -0.15) is 0 Å². The van der Waals surface area contributed by atoms with Crippen LogP contribution in [0.1, 0.15) is 5.56 Å². The van der Waals surface area contributed by atoms with E-state index in [4.69, 9.17) is 18.0 Å². The van der Waals surface area contributed by atoms with Crippen molar-refractivity contribution in [3.05, 3.63) is 54.1 Å². The maximum absolute atomic E-state index is 13.5. The summed E-state index contributed by atoms with van der Waals surface area (Å²) in [6, 6.07) is 8.05. The number of nitrogens with one attached hydrogen (secondary N) is 1. The molecule has 3 nitrogen and oxygen atoms in total. The van der Waals surface area contributed by atoms with Gasteiger partial charge in [-0.15, -0.1) is 0 Å². The van der Waals surface area contributed by atoms with Crippen LogP contribution in [0.2, 0.25) is 0 Å². The van der Waals surface area contributed by atoms with Crippen molar-refractivity contribution in [3.8, 4) is 0 Å². The quantitative estimate of drug-likeness (QED) is 0.819. The minimum absolute atomic E-state index is 0.242. The molecule has 0 fully saturated rings. The summed E-state index contributed by atoms with van der Waals surface area (Å²) in [5.74, 6) is -0.342. The van der Waals surface area contributed by atoms with Gasteiger partial charge in [0.1, 0.15) is 10.8 Å². The first-order chi connectivity index (χ1) is 8.18. The van der Waals surface area contributed by atoms with Crippen LogP contribution in [0.25, 0.3) is 0 Å². The van der Waals surface area contributed by atoms with Crippen LogP contribution in [-0.2, 0) is 0 Å². The Morgan fingerprint density at radius 3 is 2.71 bits per heavy atom. The Kier molecular flexibility index (Phi) is 3.30. The average Bonchev–Trinajstić information content (AvgIpc) is 2.32. The van der Waals surface area contributed by atoms with Gasteiger partial charge in [-0.1, -0.05) is 24.4 Å². The van der Waals surface area contributed by atoms with Crippen molar-refractivity contribution >= 4 is 28.6 Å². The largest absolute Gasteiger partial charge is 0.389 e. The van der Waals surface area contributed by atoms with Crippen LogP contribution in [0.15, 0.2) is 42.7 Å². The maximum atomic E-state index is 13.5. The standard InChI is InChI=1S/C12H10FN3S/c13-9-3-1-2-4-10(9)16-11-7-15-6-5-8(11)12(14)17/h1-7,16H,(H2,14,17). The molecule has 1 aromatic carbocycles. The first-order valence-corrected chi connectivity index (χ1v) is 5.34. The highest BCUT2D eigenvalue weighted by Gasteiger charge is 2.07. The summed E-state index contributed by atoms with van der Waals surface area (Å²) in [4.78, 5) is 4.20. The minimum atomic E-state index is -0.342. The smallest absolute Gasteiger partial charge is 0.146 e. The molecule has 0 amide bonds. The molecule has 5 heteroatoms. The van der Waals surface area contributed by atoms with E-state index in [1.807, 2.05) is 0 Å². The molecular formula is C12H10FN3S. The number of nitrogens with zero attached hydrogens (tertiary/aromatic N) is 1. The average molecular weight is 247 g/mol. The number of para-hydroxylation sites is 1. The molecule has 0 aliphatic heterocycles. The summed E-state index contributed by atoms with van der Waals surface area (Å²) < 4.78 is 13.5. The lowest BCUT2D eigenvalue weighted by Crippen LogP contribution is -2.12. The van der Waals surface area contributed by atoms with Gasteiger partial charge in [-0.05, 0) is 18.2 Å². The van der Waals surface area contributed by atoms with Crippen LogP contribution >= 0.6 is 12.2 Å². The summed E-state index contributed by atoms with van der Waals surface area (Å²) in [5.41, 5.74) is 7.16. The van der Waals surface area contributed by atoms with Gasteiger partial charge in [0.15, 0.2) is 0 Å². The molecular weight excluding hydrogens is 237 g/mol. The van der Waals surface area contributed by atoms with Crippen LogP contribution in [0, 0.1) is 5.82 Å². The van der Waals surface area contributed by atoms with Crippen LogP contribution in [-0.4, -0.2) is 9.97 Å². The first kappa shape index (κ1) is 11.5. The van der Waals surface area contributed by atoms with E-state index in [-0.39, 0.29) is 10.8 Å². The predicted octanol–water partition coefficient (Wildman–Crippen LogP) is 2.60. The molecule has 1 heterocycles. The van der Waals surface area contributed by atoms with E-state index in [0.29, 0.717) is 16.9 Å². The van der Waals surface area contributed by atoms with Gasteiger partial charge < -0.3 is 11.1 Å². The summed E-state index contributed by atoms with van der Waals surface area (Å²) in [6.45, 7) is 0. The summed E-state index contributed by atoms with van der Waals surface area (Å²) in [7, 11) is 0. The number of hydrogen-bond donors (Lipinski definition) is 2. The van der Waals surface area contributed by atoms with E-state index in [1.54, 1.807) is 36.7 Å². The number of aromatic nitrogens is 1. The van der Waals surface area contributed by atoms with Crippen LogP contribution in [0.4, 0.5) is 15.8 Å². The summed E-state index contributed by atoms with van der Waals surface area (Å²) in [6.07, 6.45) is 3.14. The maximum Gasteiger partial charge on any atom is 0.146 e. The van der Waals surface area contributed by atoms with E-state index in [1.165, 1.54) is 6.07 Å². The van der Waals surface area contributed by atoms with Crippen molar-refractivity contribution in [2.45, 2.75) is 0 Å². The predicted molar refractivity (Wildman–Crippen MR) is 69.8 cm³/mol. The number of hydrogen-bond acceptors (Lipinski definition) is 3. The van der Waals surface area contributed by atoms with Gasteiger partial charge in [0, 0.05) is 11.8 Å². The number of pyridine rings is 1. The number of nitrogens with two attached hydrogens (primary N) is 1. The number of rotatable bonds is 3. The number of anilines is 2. The molecule has 2 rings (SSSR count). The normalized spacial score (nSPS) is 9.94. The fourth-order valence-corrected chi connectivity index (χ4v) is 1.59. The lowest BCUT2D eigenvalue weighted by atomic mass is 10.2. The second kappa shape index (κ2) is 4.88. The van der Waals surface area contributed by atoms with Crippen LogP contribution < -0.4 is 11.1 Å².